The van der Waals surface area contributed by atoms with Gasteiger partial charge in [0.05, 0.1) is 26.2 Å². The van der Waals surface area contributed by atoms with Crippen molar-refractivity contribution in [3.05, 3.63) is 0 Å². The number of quaternary nitrogens is 2. The Morgan fingerprint density at radius 1 is 0.611 bits per heavy atom. The highest BCUT2D eigenvalue weighted by atomic mass is 16.6. The molecule has 3 heterocycles. The van der Waals surface area contributed by atoms with Crippen LogP contribution in [0.1, 0.15) is 34.6 Å². The van der Waals surface area contributed by atoms with E-state index < -0.39 is 41.3 Å². The lowest BCUT2D eigenvalue weighted by atomic mass is 10.3. The van der Waals surface area contributed by atoms with E-state index in [1.54, 1.807) is 0 Å². The number of ether oxygens (including phenoxy) is 5. The van der Waals surface area contributed by atoms with Crippen LogP contribution in [0.15, 0.2) is 0 Å². The molecule has 0 saturated carbocycles. The van der Waals surface area contributed by atoms with Gasteiger partial charge in [-0.3, -0.25) is 37.8 Å². The van der Waals surface area contributed by atoms with Crippen molar-refractivity contribution in [1.82, 2.24) is 4.90 Å². The number of nitrogens with zero attached hydrogens (tertiary/aromatic N) is 3. The highest BCUT2D eigenvalue weighted by Crippen LogP contribution is 2.49. The SMILES string of the molecule is CC(=O)OCN1CC[N+]2(CC[N+]3(CC1)CC3(COC(C)=O)OC(C)=O)CC2(COC(C)=O)OC(C)=O. The Balaban J connectivity index is 1.90. The van der Waals surface area contributed by atoms with E-state index in [-0.39, 0.29) is 19.9 Å². The molecule has 0 aromatic rings. The lowest BCUT2D eigenvalue weighted by Crippen LogP contribution is -2.50. The van der Waals surface area contributed by atoms with Crippen molar-refractivity contribution in [1.29, 1.82) is 0 Å². The molecule has 0 aromatic carbocycles. The highest BCUT2D eigenvalue weighted by molar-refractivity contribution is 5.68. The van der Waals surface area contributed by atoms with E-state index in [0.29, 0.717) is 61.3 Å². The fourth-order valence-electron chi connectivity index (χ4n) is 5.35. The molecule has 0 radical (unpaired) electrons. The molecule has 13 heteroatoms. The predicted molar refractivity (Wildman–Crippen MR) is 120 cm³/mol. The first kappa shape index (κ1) is 27.8. The van der Waals surface area contributed by atoms with Gasteiger partial charge < -0.3 is 23.7 Å². The highest BCUT2D eigenvalue weighted by Gasteiger charge is 2.78. The van der Waals surface area contributed by atoms with Crippen LogP contribution in [0.25, 0.3) is 0 Å². The van der Waals surface area contributed by atoms with Crippen molar-refractivity contribution >= 4 is 29.8 Å². The molecular weight excluding hydrogens is 478 g/mol. The van der Waals surface area contributed by atoms with Crippen LogP contribution in [0, 0.1) is 0 Å². The van der Waals surface area contributed by atoms with Gasteiger partial charge in [-0.1, -0.05) is 0 Å². The fraction of sp³-hybridized carbons (Fsp3) is 0.783. The van der Waals surface area contributed by atoms with Crippen LogP contribution in [-0.2, 0) is 47.7 Å². The first-order chi connectivity index (χ1) is 16.8. The Morgan fingerprint density at radius 2 is 1.00 bits per heavy atom. The van der Waals surface area contributed by atoms with Crippen molar-refractivity contribution in [3.63, 3.8) is 0 Å². The standard InChI is InChI=1S/C23H37N3O10/c1-17(27)32-14-22(35-20(4)30)12-25(22)8-6-24(16-34-19(3)29)7-9-26(11-10-25)13-23(26,36-21(5)31)15-33-18(2)28/h6-16H2,1-5H3/q+2. The van der Waals surface area contributed by atoms with Crippen molar-refractivity contribution in [2.75, 3.05) is 72.3 Å². The van der Waals surface area contributed by atoms with Crippen molar-refractivity contribution < 1.29 is 56.6 Å². The topological polar surface area (TPSA) is 135 Å². The summed E-state index contributed by atoms with van der Waals surface area (Å²) in [4.78, 5) is 60.6. The molecule has 0 N–H and O–H groups in total. The molecule has 3 fully saturated rings. The number of carbonyl (C=O) groups excluding carboxylic acids is 5. The van der Waals surface area contributed by atoms with Crippen LogP contribution in [0.5, 0.6) is 0 Å². The summed E-state index contributed by atoms with van der Waals surface area (Å²) < 4.78 is 28.0. The van der Waals surface area contributed by atoms with Gasteiger partial charge in [-0.25, -0.2) is 0 Å². The summed E-state index contributed by atoms with van der Waals surface area (Å²) >= 11 is 0. The van der Waals surface area contributed by atoms with Gasteiger partial charge in [0.15, 0.2) is 26.3 Å². The van der Waals surface area contributed by atoms with Gasteiger partial charge in [-0.15, -0.1) is 0 Å². The van der Waals surface area contributed by atoms with Crippen LogP contribution in [0.4, 0.5) is 0 Å². The van der Waals surface area contributed by atoms with Crippen molar-refractivity contribution in [2.24, 2.45) is 0 Å². The Labute approximate surface area is 210 Å². The fourth-order valence-corrected chi connectivity index (χ4v) is 5.35. The average molecular weight is 516 g/mol. The summed E-state index contributed by atoms with van der Waals surface area (Å²) in [5.41, 5.74) is -2.04. The van der Waals surface area contributed by atoms with E-state index in [9.17, 15) is 24.0 Å². The molecule has 3 saturated heterocycles. The van der Waals surface area contributed by atoms with E-state index in [2.05, 4.69) is 0 Å². The number of esters is 5. The smallest absolute Gasteiger partial charge is 0.330 e. The molecule has 4 atom stereocenters. The lowest BCUT2D eigenvalue weighted by Gasteiger charge is -2.28. The first-order valence-corrected chi connectivity index (χ1v) is 12.0. The van der Waals surface area contributed by atoms with Crippen molar-refractivity contribution in [2.45, 2.75) is 46.1 Å². The van der Waals surface area contributed by atoms with Gasteiger partial charge in [0.2, 0.25) is 0 Å². The molecule has 13 nitrogen and oxygen atoms in total. The second kappa shape index (κ2) is 10.3. The van der Waals surface area contributed by atoms with Gasteiger partial charge in [-0.2, -0.15) is 0 Å². The Bertz CT molecular complexity index is 864. The van der Waals surface area contributed by atoms with Gasteiger partial charge in [-0.05, 0) is 0 Å². The van der Waals surface area contributed by atoms with Gasteiger partial charge in [0.25, 0.3) is 0 Å². The maximum atomic E-state index is 12.0. The molecule has 0 aliphatic carbocycles. The molecule has 3 rings (SSSR count). The summed E-state index contributed by atoms with van der Waals surface area (Å²) in [7, 11) is 0. The molecular formula is C23H37N3O10+2. The van der Waals surface area contributed by atoms with Crippen LogP contribution in [-0.4, -0.2) is 127 Å². The second-order valence-corrected chi connectivity index (χ2v) is 10.0. The van der Waals surface area contributed by atoms with E-state index in [4.69, 9.17) is 23.7 Å². The van der Waals surface area contributed by atoms with Gasteiger partial charge >= 0.3 is 41.3 Å². The number of hydrogen-bond donors (Lipinski definition) is 0. The Morgan fingerprint density at radius 3 is 1.33 bits per heavy atom. The lowest BCUT2D eigenvalue weighted by molar-refractivity contribution is -0.899. The minimum Gasteiger partial charge on any atom is -0.455 e. The molecule has 0 bridgehead atoms. The third-order valence-electron chi connectivity index (χ3n) is 7.39. The Kier molecular flexibility index (Phi) is 7.96. The van der Waals surface area contributed by atoms with Crippen LogP contribution in [0.3, 0.4) is 0 Å². The van der Waals surface area contributed by atoms with Crippen LogP contribution < -0.4 is 0 Å². The maximum Gasteiger partial charge on any atom is 0.330 e. The molecule has 2 spiro atoms. The molecule has 36 heavy (non-hydrogen) atoms. The number of hydrogen-bond acceptors (Lipinski definition) is 11. The zero-order valence-electron chi connectivity index (χ0n) is 21.7. The number of rotatable bonds is 8. The molecule has 0 aromatic heterocycles. The molecule has 4 unspecified atom stereocenters. The summed E-state index contributed by atoms with van der Waals surface area (Å²) in [6.07, 6.45) is 0. The van der Waals surface area contributed by atoms with Crippen LogP contribution in [0.2, 0.25) is 0 Å². The molecule has 3 aliphatic heterocycles. The predicted octanol–water partition coefficient (Wildman–Crippen LogP) is -0.872. The normalized spacial score (nSPS) is 33.5. The zero-order chi connectivity index (χ0) is 26.8. The molecule has 0 amide bonds. The third kappa shape index (κ3) is 5.95. The van der Waals surface area contributed by atoms with Crippen LogP contribution >= 0.6 is 0 Å². The second-order valence-electron chi connectivity index (χ2n) is 10.0. The summed E-state index contributed by atoms with van der Waals surface area (Å²) in [6.45, 7) is 10.6. The van der Waals surface area contributed by atoms with E-state index in [1.807, 2.05) is 4.90 Å². The van der Waals surface area contributed by atoms with Gasteiger partial charge in [0.1, 0.15) is 19.8 Å². The number of carbonyl (C=O) groups is 5. The summed E-state index contributed by atoms with van der Waals surface area (Å²) in [5.74, 6) is -2.31. The summed E-state index contributed by atoms with van der Waals surface area (Å²) in [5, 5.41) is 0. The van der Waals surface area contributed by atoms with E-state index in [1.165, 1.54) is 34.6 Å². The quantitative estimate of drug-likeness (QED) is 0.173. The zero-order valence-corrected chi connectivity index (χ0v) is 21.7. The third-order valence-corrected chi connectivity index (χ3v) is 7.39. The monoisotopic (exact) mass is 515 g/mol. The summed E-state index contributed by atoms with van der Waals surface area (Å²) in [6, 6.07) is 0. The van der Waals surface area contributed by atoms with Gasteiger partial charge in [0, 0.05) is 34.6 Å². The largest absolute Gasteiger partial charge is 0.455 e. The minimum absolute atomic E-state index is 0.0738. The van der Waals surface area contributed by atoms with Crippen molar-refractivity contribution in [3.8, 4) is 0 Å². The van der Waals surface area contributed by atoms with E-state index >= 15 is 0 Å². The minimum atomic E-state index is -1.02. The van der Waals surface area contributed by atoms with E-state index in [0.717, 1.165) is 0 Å². The average Bonchev–Trinajstić information content (AvgIpc) is 3.58. The first-order valence-electron chi connectivity index (χ1n) is 12.0. The molecule has 202 valence electrons. The molecule has 3 aliphatic rings. The Hall–Kier alpha value is -2.77. The maximum absolute atomic E-state index is 12.0.